The number of hydrogen-bond acceptors (Lipinski definition) is 1. The van der Waals surface area contributed by atoms with Crippen molar-refractivity contribution >= 4 is 24.2 Å². The van der Waals surface area contributed by atoms with Crippen molar-refractivity contribution in [2.75, 3.05) is 11.8 Å². The van der Waals surface area contributed by atoms with Crippen LogP contribution in [-0.2, 0) is 6.42 Å². The zero-order chi connectivity index (χ0) is 8.81. The summed E-state index contributed by atoms with van der Waals surface area (Å²) in [6, 6.07) is 8.00. The second kappa shape index (κ2) is 5.33. The van der Waals surface area contributed by atoms with Crippen LogP contribution in [0.25, 0.3) is 0 Å². The van der Waals surface area contributed by atoms with Crippen molar-refractivity contribution in [3.05, 3.63) is 29.8 Å². The van der Waals surface area contributed by atoms with Gasteiger partial charge in [0.1, 0.15) is 5.75 Å². The van der Waals surface area contributed by atoms with E-state index in [0.29, 0.717) is 5.75 Å². The molecule has 0 saturated heterocycles. The Balaban J connectivity index is 2.77. The number of aryl methyl sites for hydroxylation is 1. The molecule has 0 fully saturated rings. The molecule has 12 heavy (non-hydrogen) atoms. The van der Waals surface area contributed by atoms with Crippen LogP contribution in [0.5, 0.6) is 5.75 Å². The molecule has 0 aromatic heterocycles. The lowest BCUT2D eigenvalue weighted by Gasteiger charge is -2.06. The van der Waals surface area contributed by atoms with Crippen LogP contribution in [0.2, 0.25) is 0 Å². The summed E-state index contributed by atoms with van der Waals surface area (Å²) in [6.45, 7) is 0. The fraction of sp³-hybridized carbons (Fsp3) is 0.333. The maximum Gasteiger partial charge on any atom is 0.162 e. The maximum absolute atomic E-state index is 5.46. The minimum absolute atomic E-state index is 0.189. The molecule has 0 aliphatic rings. The maximum atomic E-state index is 5.46. The van der Waals surface area contributed by atoms with Crippen LogP contribution in [-0.4, -0.2) is 11.8 Å². The number of alkyl halides is 1. The Labute approximate surface area is 83.1 Å². The van der Waals surface area contributed by atoms with E-state index in [1.165, 1.54) is 0 Å². The predicted octanol–water partition coefficient (Wildman–Crippen LogP) is 3.00. The Kier molecular flexibility index (Phi) is 4.33. The van der Waals surface area contributed by atoms with Gasteiger partial charge in [0.15, 0.2) is 6.07 Å². The molecule has 1 radical (unpaired) electrons. The number of rotatable bonds is 4. The Morgan fingerprint density at radius 2 is 2.08 bits per heavy atom. The Morgan fingerprint density at radius 1 is 1.33 bits per heavy atom. The van der Waals surface area contributed by atoms with Crippen LogP contribution in [0.1, 0.15) is 5.56 Å². The minimum Gasteiger partial charge on any atom is -0.478 e. The fourth-order valence-corrected chi connectivity index (χ4v) is 1.36. The van der Waals surface area contributed by atoms with E-state index in [-0.39, 0.29) is 6.07 Å². The number of halogens is 1. The van der Waals surface area contributed by atoms with Gasteiger partial charge >= 0.3 is 0 Å². The van der Waals surface area contributed by atoms with E-state index in [2.05, 4.69) is 0 Å². The lowest BCUT2D eigenvalue weighted by Crippen LogP contribution is -1.95. The van der Waals surface area contributed by atoms with Crippen molar-refractivity contribution in [3.8, 4) is 5.75 Å². The van der Waals surface area contributed by atoms with Crippen LogP contribution in [0.4, 0.5) is 0 Å². The monoisotopic (exact) mass is 201 g/mol. The van der Waals surface area contributed by atoms with Crippen LogP contribution >= 0.6 is 24.2 Å². The molecule has 1 nitrogen and oxygen atoms in total. The van der Waals surface area contributed by atoms with E-state index >= 15 is 0 Å². The van der Waals surface area contributed by atoms with Crippen molar-refractivity contribution in [3.63, 3.8) is 0 Å². The molecule has 0 unspecified atom stereocenters. The zero-order valence-corrected chi connectivity index (χ0v) is 8.20. The van der Waals surface area contributed by atoms with E-state index in [1.54, 1.807) is 0 Å². The second-order valence-corrected chi connectivity index (χ2v) is 2.94. The van der Waals surface area contributed by atoms with Gasteiger partial charge in [0.05, 0.1) is 0 Å². The summed E-state index contributed by atoms with van der Waals surface area (Å²) in [4.78, 5) is 0. The van der Waals surface area contributed by atoms with Gasteiger partial charge in [0, 0.05) is 5.75 Å². The van der Waals surface area contributed by atoms with Gasteiger partial charge in [-0.25, -0.2) is 0 Å². The van der Waals surface area contributed by atoms with Gasteiger partial charge in [-0.1, -0.05) is 42.4 Å². The Bertz CT molecular complexity index is 215. The van der Waals surface area contributed by atoms with Gasteiger partial charge in [0.2, 0.25) is 0 Å². The third-order valence-corrected chi connectivity index (χ3v) is 1.87. The molecule has 0 atom stereocenters. The molecule has 3 heteroatoms. The summed E-state index contributed by atoms with van der Waals surface area (Å²) >= 11 is 10.3. The van der Waals surface area contributed by atoms with Crippen LogP contribution in [0.15, 0.2) is 24.3 Å². The van der Waals surface area contributed by atoms with Crippen LogP contribution in [0, 0.1) is 0 Å². The van der Waals surface area contributed by atoms with Gasteiger partial charge < -0.3 is 4.74 Å². The molecule has 1 rings (SSSR count). The molecular weight excluding hydrogens is 192 g/mol. The first kappa shape index (κ1) is 9.75. The van der Waals surface area contributed by atoms with E-state index in [9.17, 15) is 0 Å². The van der Waals surface area contributed by atoms with Crippen molar-refractivity contribution in [2.24, 2.45) is 0 Å². The van der Waals surface area contributed by atoms with E-state index in [4.69, 9.17) is 29.0 Å². The SMILES string of the molecule is [S]CCc1ccccc1OCCl. The number of ether oxygens (including phenoxy) is 1. The Hall–Kier alpha value is -0.340. The molecule has 0 saturated carbocycles. The lowest BCUT2D eigenvalue weighted by molar-refractivity contribution is 0.384. The molecule has 0 heterocycles. The standard InChI is InChI=1S/C9H10ClOS/c10-7-11-9-4-2-1-3-8(9)5-6-12/h1-4H,5-7H2. The van der Waals surface area contributed by atoms with Crippen LogP contribution < -0.4 is 4.74 Å². The lowest BCUT2D eigenvalue weighted by atomic mass is 10.1. The first-order valence-corrected chi connectivity index (χ1v) is 4.84. The second-order valence-electron chi connectivity index (χ2n) is 2.32. The topological polar surface area (TPSA) is 9.23 Å². The van der Waals surface area contributed by atoms with E-state index < -0.39 is 0 Å². The summed E-state index contributed by atoms with van der Waals surface area (Å²) in [7, 11) is 0. The fourth-order valence-electron chi connectivity index (χ4n) is 1.02. The van der Waals surface area contributed by atoms with Crippen molar-refractivity contribution in [2.45, 2.75) is 6.42 Å². The van der Waals surface area contributed by atoms with E-state index in [0.717, 1.165) is 17.7 Å². The molecular formula is C9H10ClOS. The highest BCUT2D eigenvalue weighted by Gasteiger charge is 2.00. The van der Waals surface area contributed by atoms with Gasteiger partial charge in [0.25, 0.3) is 0 Å². The highest BCUT2D eigenvalue weighted by Crippen LogP contribution is 2.18. The number of benzene rings is 1. The Morgan fingerprint density at radius 3 is 2.75 bits per heavy atom. The molecule has 0 bridgehead atoms. The first-order valence-electron chi connectivity index (χ1n) is 3.73. The van der Waals surface area contributed by atoms with Crippen molar-refractivity contribution < 1.29 is 4.74 Å². The van der Waals surface area contributed by atoms with Gasteiger partial charge in [-0.05, 0) is 18.1 Å². The quantitative estimate of drug-likeness (QED) is 0.681. The van der Waals surface area contributed by atoms with Crippen molar-refractivity contribution in [1.29, 1.82) is 0 Å². The molecule has 1 aromatic carbocycles. The van der Waals surface area contributed by atoms with Gasteiger partial charge in [-0.3, -0.25) is 0 Å². The third-order valence-electron chi connectivity index (χ3n) is 1.55. The average Bonchev–Trinajstić information content (AvgIpc) is 2.09. The highest BCUT2D eigenvalue weighted by molar-refractivity contribution is 7.80. The minimum atomic E-state index is 0.189. The molecule has 0 aliphatic carbocycles. The molecule has 0 N–H and O–H groups in total. The van der Waals surface area contributed by atoms with Crippen molar-refractivity contribution in [1.82, 2.24) is 0 Å². The summed E-state index contributed by atoms with van der Waals surface area (Å²) in [5.41, 5.74) is 1.13. The molecule has 0 spiro atoms. The van der Waals surface area contributed by atoms with Crippen LogP contribution in [0.3, 0.4) is 0 Å². The highest BCUT2D eigenvalue weighted by atomic mass is 35.5. The number of para-hydroxylation sites is 1. The molecule has 1 aromatic rings. The molecule has 0 aliphatic heterocycles. The molecule has 65 valence electrons. The summed E-state index contributed by atoms with van der Waals surface area (Å²) in [6.07, 6.45) is 0.863. The number of hydrogen-bond donors (Lipinski definition) is 0. The predicted molar refractivity (Wildman–Crippen MR) is 54.0 cm³/mol. The normalized spacial score (nSPS) is 9.83. The van der Waals surface area contributed by atoms with Gasteiger partial charge in [-0.15, -0.1) is 0 Å². The zero-order valence-electron chi connectivity index (χ0n) is 6.63. The summed E-state index contributed by atoms with van der Waals surface area (Å²) in [5.74, 6) is 1.56. The third kappa shape index (κ3) is 2.61. The summed E-state index contributed by atoms with van der Waals surface area (Å²) in [5, 5.41) is 0. The smallest absolute Gasteiger partial charge is 0.162 e. The average molecular weight is 202 g/mol. The van der Waals surface area contributed by atoms with E-state index in [1.807, 2.05) is 24.3 Å². The largest absolute Gasteiger partial charge is 0.478 e. The summed E-state index contributed by atoms with van der Waals surface area (Å²) < 4.78 is 5.21. The first-order chi connectivity index (χ1) is 5.88. The van der Waals surface area contributed by atoms with Gasteiger partial charge in [-0.2, -0.15) is 0 Å². The molecule has 0 amide bonds.